The van der Waals surface area contributed by atoms with Crippen LogP contribution in [0.4, 0.5) is 5.69 Å². The third kappa shape index (κ3) is 4.15. The zero-order valence-corrected chi connectivity index (χ0v) is 14.9. The summed E-state index contributed by atoms with van der Waals surface area (Å²) in [5.74, 6) is -0.358. The van der Waals surface area contributed by atoms with E-state index in [1.165, 1.54) is 31.4 Å². The Balaban J connectivity index is 1.57. The van der Waals surface area contributed by atoms with E-state index in [2.05, 4.69) is 4.90 Å². The number of carbonyl (C=O) groups is 1. The number of hydrogen-bond acceptors (Lipinski definition) is 6. The minimum absolute atomic E-state index is 0.136. The number of carbonyl (C=O) groups excluding carboxylic acids is 1. The molecule has 1 aromatic carbocycles. The summed E-state index contributed by atoms with van der Waals surface area (Å²) in [7, 11) is 0. The smallest absolute Gasteiger partial charge is 0.314 e. The molecule has 1 aliphatic carbocycles. The van der Waals surface area contributed by atoms with Gasteiger partial charge in [-0.2, -0.15) is 0 Å². The number of aromatic hydroxyl groups is 2. The van der Waals surface area contributed by atoms with E-state index in [9.17, 15) is 25.1 Å². The molecule has 0 atom stereocenters. The fraction of sp³-hybridized carbons (Fsp3) is 0.632. The number of phenols is 2. The maximum absolute atomic E-state index is 12.7. The first-order valence-corrected chi connectivity index (χ1v) is 9.41. The van der Waals surface area contributed by atoms with Gasteiger partial charge >= 0.3 is 5.69 Å². The lowest BCUT2D eigenvalue weighted by atomic mass is 9.78. The summed E-state index contributed by atoms with van der Waals surface area (Å²) in [5.41, 5.74) is 0.103. The SMILES string of the molecule is O=C(C1CCCCC1)C1CCN(Cc2cc(O)c(O)c([N+](=O)[O-])c2)CC1. The Hall–Kier alpha value is -2.15. The molecule has 0 aromatic heterocycles. The summed E-state index contributed by atoms with van der Waals surface area (Å²) < 4.78 is 0. The standard InChI is InChI=1S/C19H26N2O5/c22-17-11-13(10-16(19(17)24)21(25)26)12-20-8-6-15(7-9-20)18(23)14-4-2-1-3-5-14/h10-11,14-15,22,24H,1-9,12H2. The van der Waals surface area contributed by atoms with Crippen molar-refractivity contribution in [2.45, 2.75) is 51.5 Å². The maximum atomic E-state index is 12.7. The van der Waals surface area contributed by atoms with Crippen LogP contribution in [0.3, 0.4) is 0 Å². The normalized spacial score (nSPS) is 20.2. The molecule has 1 aromatic rings. The predicted molar refractivity (Wildman–Crippen MR) is 96.0 cm³/mol. The number of hydrogen-bond donors (Lipinski definition) is 2. The number of rotatable bonds is 5. The van der Waals surface area contributed by atoms with Gasteiger partial charge in [-0.3, -0.25) is 19.8 Å². The van der Waals surface area contributed by atoms with Gasteiger partial charge in [0.15, 0.2) is 5.75 Å². The van der Waals surface area contributed by atoms with Crippen LogP contribution < -0.4 is 0 Å². The monoisotopic (exact) mass is 362 g/mol. The third-order valence-electron chi connectivity index (χ3n) is 5.73. The number of Topliss-reactive ketones (excluding diaryl/α,β-unsaturated/α-hetero) is 1. The molecule has 0 amide bonds. The van der Waals surface area contributed by atoms with Crippen molar-refractivity contribution < 1.29 is 19.9 Å². The van der Waals surface area contributed by atoms with Crippen LogP contribution in [0.1, 0.15) is 50.5 Å². The van der Waals surface area contributed by atoms with Gasteiger partial charge < -0.3 is 10.2 Å². The number of phenolic OH excluding ortho intramolecular Hbond substituents is 2. The molecule has 0 bridgehead atoms. The first-order valence-electron chi connectivity index (χ1n) is 9.41. The maximum Gasteiger partial charge on any atom is 0.314 e. The minimum Gasteiger partial charge on any atom is -0.504 e. The number of ketones is 1. The van der Waals surface area contributed by atoms with E-state index in [4.69, 9.17) is 0 Å². The van der Waals surface area contributed by atoms with E-state index in [0.717, 1.165) is 38.8 Å². The Morgan fingerprint density at radius 2 is 1.69 bits per heavy atom. The molecule has 1 aliphatic heterocycles. The number of nitrogens with zero attached hydrogens (tertiary/aromatic N) is 2. The lowest BCUT2D eigenvalue weighted by Gasteiger charge is -2.33. The summed E-state index contributed by atoms with van der Waals surface area (Å²) >= 11 is 0. The van der Waals surface area contributed by atoms with Crippen molar-refractivity contribution in [3.05, 3.63) is 27.8 Å². The van der Waals surface area contributed by atoms with Crippen molar-refractivity contribution in [1.82, 2.24) is 4.90 Å². The van der Waals surface area contributed by atoms with Crippen molar-refractivity contribution in [3.63, 3.8) is 0 Å². The highest BCUT2D eigenvalue weighted by Gasteiger charge is 2.31. The van der Waals surface area contributed by atoms with Gasteiger partial charge in [-0.1, -0.05) is 19.3 Å². The van der Waals surface area contributed by atoms with Crippen molar-refractivity contribution in [1.29, 1.82) is 0 Å². The van der Waals surface area contributed by atoms with Gasteiger partial charge in [-0.05, 0) is 50.4 Å². The molecule has 7 nitrogen and oxygen atoms in total. The Kier molecular flexibility index (Phi) is 5.76. The number of piperidine rings is 1. The second-order valence-electron chi connectivity index (χ2n) is 7.53. The summed E-state index contributed by atoms with van der Waals surface area (Å²) in [4.78, 5) is 25.1. The van der Waals surface area contributed by atoms with Gasteiger partial charge in [0.05, 0.1) is 4.92 Å². The summed E-state index contributed by atoms with van der Waals surface area (Å²) in [6.07, 6.45) is 7.29. The quantitative estimate of drug-likeness (QED) is 0.473. The van der Waals surface area contributed by atoms with E-state index < -0.39 is 22.1 Å². The molecule has 0 spiro atoms. The molecule has 26 heavy (non-hydrogen) atoms. The molecular weight excluding hydrogens is 336 g/mol. The average Bonchev–Trinajstić information content (AvgIpc) is 2.65. The fourth-order valence-corrected chi connectivity index (χ4v) is 4.25. The Morgan fingerprint density at radius 3 is 2.31 bits per heavy atom. The molecule has 142 valence electrons. The molecule has 2 N–H and O–H groups in total. The second-order valence-corrected chi connectivity index (χ2v) is 7.53. The second kappa shape index (κ2) is 8.03. The molecule has 0 unspecified atom stereocenters. The molecule has 0 radical (unpaired) electrons. The van der Waals surface area contributed by atoms with Gasteiger partial charge in [0.1, 0.15) is 5.78 Å². The van der Waals surface area contributed by atoms with Gasteiger partial charge in [-0.15, -0.1) is 0 Å². The van der Waals surface area contributed by atoms with Crippen LogP contribution in [-0.4, -0.2) is 38.9 Å². The molecule has 1 heterocycles. The third-order valence-corrected chi connectivity index (χ3v) is 5.73. The molecule has 1 saturated carbocycles. The Bertz CT molecular complexity index is 677. The largest absolute Gasteiger partial charge is 0.504 e. The van der Waals surface area contributed by atoms with Gasteiger partial charge in [0, 0.05) is 24.4 Å². The van der Waals surface area contributed by atoms with Crippen LogP contribution in [0.15, 0.2) is 12.1 Å². The number of likely N-dealkylation sites (tertiary alicyclic amines) is 1. The molecule has 3 rings (SSSR count). The summed E-state index contributed by atoms with van der Waals surface area (Å²) in [6.45, 7) is 1.98. The van der Waals surface area contributed by atoms with E-state index in [1.54, 1.807) is 0 Å². The molecular formula is C19H26N2O5. The first-order chi connectivity index (χ1) is 12.5. The van der Waals surface area contributed by atoms with Crippen molar-refractivity contribution in [3.8, 4) is 11.5 Å². The highest BCUT2D eigenvalue weighted by molar-refractivity contribution is 5.83. The van der Waals surface area contributed by atoms with Crippen LogP contribution in [0.2, 0.25) is 0 Å². The number of benzene rings is 1. The molecule has 2 fully saturated rings. The highest BCUT2D eigenvalue weighted by atomic mass is 16.6. The number of nitro benzene ring substituents is 1. The fourth-order valence-electron chi connectivity index (χ4n) is 4.25. The zero-order chi connectivity index (χ0) is 18.7. The van der Waals surface area contributed by atoms with Gasteiger partial charge in [0.25, 0.3) is 0 Å². The molecule has 1 saturated heterocycles. The summed E-state index contributed by atoms with van der Waals surface area (Å²) in [6, 6.07) is 2.66. The van der Waals surface area contributed by atoms with Gasteiger partial charge in [0.2, 0.25) is 5.75 Å². The van der Waals surface area contributed by atoms with Gasteiger partial charge in [-0.25, -0.2) is 0 Å². The Morgan fingerprint density at radius 1 is 1.08 bits per heavy atom. The van der Waals surface area contributed by atoms with E-state index >= 15 is 0 Å². The highest BCUT2D eigenvalue weighted by Crippen LogP contribution is 2.37. The van der Waals surface area contributed by atoms with Crippen LogP contribution in [0.5, 0.6) is 11.5 Å². The topological polar surface area (TPSA) is 104 Å². The molecule has 2 aliphatic rings. The van der Waals surface area contributed by atoms with Crippen molar-refractivity contribution in [2.75, 3.05) is 13.1 Å². The average molecular weight is 362 g/mol. The summed E-state index contributed by atoms with van der Waals surface area (Å²) in [5, 5.41) is 30.2. The van der Waals surface area contributed by atoms with Crippen molar-refractivity contribution >= 4 is 11.5 Å². The predicted octanol–water partition coefficient (Wildman–Crippen LogP) is 3.37. The molecule has 7 heteroatoms. The van der Waals surface area contributed by atoms with Crippen molar-refractivity contribution in [2.24, 2.45) is 11.8 Å². The van der Waals surface area contributed by atoms with E-state index in [1.807, 2.05) is 0 Å². The van der Waals surface area contributed by atoms with Crippen LogP contribution in [0, 0.1) is 22.0 Å². The van der Waals surface area contributed by atoms with Crippen LogP contribution in [0.25, 0.3) is 0 Å². The van der Waals surface area contributed by atoms with E-state index in [-0.39, 0.29) is 11.8 Å². The first kappa shape index (κ1) is 18.6. The Labute approximate surface area is 152 Å². The lowest BCUT2D eigenvalue weighted by molar-refractivity contribution is -0.386. The van der Waals surface area contributed by atoms with Crippen LogP contribution in [-0.2, 0) is 11.3 Å². The van der Waals surface area contributed by atoms with E-state index in [0.29, 0.717) is 17.9 Å². The minimum atomic E-state index is -0.701. The zero-order valence-electron chi connectivity index (χ0n) is 14.9. The lowest BCUT2D eigenvalue weighted by Crippen LogP contribution is -2.38. The number of nitro groups is 1. The van der Waals surface area contributed by atoms with Crippen LogP contribution >= 0.6 is 0 Å².